The lowest BCUT2D eigenvalue weighted by molar-refractivity contribution is -0.0978. The number of hydrogen-bond acceptors (Lipinski definition) is 3. The SMILES string of the molecule is O=C(O)NC12CC(NCCNc3ccc(Cl)cc3)(C1)C2. The second kappa shape index (κ2) is 4.82. The first-order chi connectivity index (χ1) is 9.51. The van der Waals surface area contributed by atoms with Crippen molar-refractivity contribution in [2.45, 2.75) is 30.3 Å². The van der Waals surface area contributed by atoms with E-state index in [9.17, 15) is 4.79 Å². The van der Waals surface area contributed by atoms with E-state index in [0.717, 1.165) is 43.1 Å². The van der Waals surface area contributed by atoms with Crippen LogP contribution in [-0.2, 0) is 0 Å². The number of carbonyl (C=O) groups is 1. The number of rotatable bonds is 6. The molecule has 3 fully saturated rings. The van der Waals surface area contributed by atoms with Gasteiger partial charge >= 0.3 is 6.09 Å². The molecule has 0 radical (unpaired) electrons. The summed E-state index contributed by atoms with van der Waals surface area (Å²) in [5, 5.41) is 18.9. The smallest absolute Gasteiger partial charge is 0.405 e. The summed E-state index contributed by atoms with van der Waals surface area (Å²) >= 11 is 5.83. The van der Waals surface area contributed by atoms with E-state index in [0.29, 0.717) is 0 Å². The first-order valence-corrected chi connectivity index (χ1v) is 7.14. The highest BCUT2D eigenvalue weighted by Crippen LogP contribution is 2.60. The van der Waals surface area contributed by atoms with E-state index in [2.05, 4.69) is 16.0 Å². The van der Waals surface area contributed by atoms with Gasteiger partial charge in [-0.15, -0.1) is 0 Å². The van der Waals surface area contributed by atoms with Gasteiger partial charge in [0.1, 0.15) is 0 Å². The highest BCUT2D eigenvalue weighted by molar-refractivity contribution is 6.30. The van der Waals surface area contributed by atoms with Crippen molar-refractivity contribution in [1.82, 2.24) is 10.6 Å². The van der Waals surface area contributed by atoms with Crippen molar-refractivity contribution in [3.63, 3.8) is 0 Å². The summed E-state index contributed by atoms with van der Waals surface area (Å²) in [6.45, 7) is 1.70. The molecule has 0 aliphatic heterocycles. The molecular weight excluding hydrogens is 278 g/mol. The summed E-state index contributed by atoms with van der Waals surface area (Å²) in [4.78, 5) is 10.6. The summed E-state index contributed by atoms with van der Waals surface area (Å²) in [6, 6.07) is 7.63. The van der Waals surface area contributed by atoms with Gasteiger partial charge in [0.15, 0.2) is 0 Å². The minimum atomic E-state index is -0.914. The third-order valence-electron chi connectivity index (χ3n) is 4.20. The Morgan fingerprint density at radius 2 is 1.80 bits per heavy atom. The molecule has 0 spiro atoms. The van der Waals surface area contributed by atoms with Crippen LogP contribution < -0.4 is 16.0 Å². The topological polar surface area (TPSA) is 73.4 Å². The van der Waals surface area contributed by atoms with Crippen LogP contribution in [0.4, 0.5) is 10.5 Å². The number of amides is 1. The average molecular weight is 296 g/mol. The van der Waals surface area contributed by atoms with E-state index < -0.39 is 6.09 Å². The molecule has 0 unspecified atom stereocenters. The molecule has 0 heterocycles. The van der Waals surface area contributed by atoms with E-state index in [-0.39, 0.29) is 11.1 Å². The fourth-order valence-electron chi connectivity index (χ4n) is 3.44. The molecule has 3 aliphatic rings. The third-order valence-corrected chi connectivity index (χ3v) is 4.45. The fraction of sp³-hybridized carbons (Fsp3) is 0.500. The van der Waals surface area contributed by atoms with Gasteiger partial charge in [-0.1, -0.05) is 11.6 Å². The molecule has 3 saturated carbocycles. The minimum Gasteiger partial charge on any atom is -0.465 e. The van der Waals surface area contributed by atoms with Crippen LogP contribution in [0.5, 0.6) is 0 Å². The molecule has 20 heavy (non-hydrogen) atoms. The van der Waals surface area contributed by atoms with Gasteiger partial charge in [-0.05, 0) is 43.5 Å². The molecule has 1 aromatic carbocycles. The molecule has 1 aromatic rings. The number of hydrogen-bond donors (Lipinski definition) is 4. The maximum atomic E-state index is 10.6. The van der Waals surface area contributed by atoms with Crippen molar-refractivity contribution in [2.24, 2.45) is 0 Å². The first-order valence-electron chi connectivity index (χ1n) is 6.77. The van der Waals surface area contributed by atoms with Gasteiger partial charge in [-0.25, -0.2) is 4.79 Å². The zero-order valence-corrected chi connectivity index (χ0v) is 11.8. The number of anilines is 1. The minimum absolute atomic E-state index is 0.136. The summed E-state index contributed by atoms with van der Waals surface area (Å²) in [5.41, 5.74) is 1.09. The molecule has 6 heteroatoms. The van der Waals surface area contributed by atoms with Crippen LogP contribution in [0.25, 0.3) is 0 Å². The molecule has 0 aromatic heterocycles. The standard InChI is InChI=1S/C14H18ClN3O2/c15-10-1-3-11(4-2-10)16-5-6-17-13-7-14(8-13,9-13)18-12(19)20/h1-4,16-18H,5-9H2,(H,19,20). The Labute approximate surface area is 122 Å². The predicted octanol–water partition coefficient (Wildman–Crippen LogP) is 2.28. The predicted molar refractivity (Wildman–Crippen MR) is 78.4 cm³/mol. The first kappa shape index (κ1) is 13.5. The summed E-state index contributed by atoms with van der Waals surface area (Å²) in [5.74, 6) is 0. The molecule has 0 atom stereocenters. The molecule has 1 amide bonds. The van der Waals surface area contributed by atoms with Crippen molar-refractivity contribution in [2.75, 3.05) is 18.4 Å². The highest BCUT2D eigenvalue weighted by atomic mass is 35.5. The number of halogens is 1. The summed E-state index contributed by atoms with van der Waals surface area (Å²) < 4.78 is 0. The van der Waals surface area contributed by atoms with Crippen LogP contribution in [0, 0.1) is 0 Å². The van der Waals surface area contributed by atoms with Crippen LogP contribution in [0.15, 0.2) is 24.3 Å². The number of carboxylic acid groups (broad SMARTS) is 1. The zero-order chi connectivity index (χ0) is 14.2. The largest absolute Gasteiger partial charge is 0.465 e. The van der Waals surface area contributed by atoms with Gasteiger partial charge < -0.3 is 21.1 Å². The van der Waals surface area contributed by atoms with Crippen LogP contribution >= 0.6 is 11.6 Å². The van der Waals surface area contributed by atoms with Gasteiger partial charge in [-0.3, -0.25) is 0 Å². The maximum Gasteiger partial charge on any atom is 0.405 e. The molecular formula is C14H18ClN3O2. The zero-order valence-electron chi connectivity index (χ0n) is 11.1. The van der Waals surface area contributed by atoms with Crippen LogP contribution in [0.1, 0.15) is 19.3 Å². The molecule has 5 nitrogen and oxygen atoms in total. The molecule has 108 valence electrons. The molecule has 0 saturated heterocycles. The number of nitrogens with one attached hydrogen (secondary N) is 3. The Balaban J connectivity index is 1.34. The normalized spacial score (nSPS) is 30.1. The van der Waals surface area contributed by atoms with Gasteiger partial charge in [0.2, 0.25) is 0 Å². The van der Waals surface area contributed by atoms with Crippen LogP contribution in [0.3, 0.4) is 0 Å². The molecule has 3 aliphatic carbocycles. The quantitative estimate of drug-likeness (QED) is 0.608. The van der Waals surface area contributed by atoms with Gasteiger partial charge in [0, 0.05) is 34.9 Å². The van der Waals surface area contributed by atoms with Gasteiger partial charge in [0.25, 0.3) is 0 Å². The Morgan fingerprint density at radius 3 is 2.40 bits per heavy atom. The second-order valence-corrected chi connectivity index (χ2v) is 6.32. The molecule has 4 N–H and O–H groups in total. The third kappa shape index (κ3) is 2.55. The summed E-state index contributed by atoms with van der Waals surface area (Å²) in [6.07, 6.45) is 1.82. The second-order valence-electron chi connectivity index (χ2n) is 5.88. The maximum absolute atomic E-state index is 10.6. The van der Waals surface area contributed by atoms with Gasteiger partial charge in [-0.2, -0.15) is 0 Å². The lowest BCUT2D eigenvalue weighted by atomic mass is 9.44. The number of benzene rings is 1. The average Bonchev–Trinajstić information content (AvgIpc) is 2.31. The van der Waals surface area contributed by atoms with Crippen molar-refractivity contribution in [1.29, 1.82) is 0 Å². The van der Waals surface area contributed by atoms with Crippen molar-refractivity contribution < 1.29 is 9.90 Å². The Morgan fingerprint density at radius 1 is 1.15 bits per heavy atom. The Hall–Kier alpha value is -1.46. The van der Waals surface area contributed by atoms with Crippen LogP contribution in [0.2, 0.25) is 5.02 Å². The highest BCUT2D eigenvalue weighted by Gasteiger charge is 2.68. The molecule has 2 bridgehead atoms. The lowest BCUT2D eigenvalue weighted by Gasteiger charge is -2.70. The van der Waals surface area contributed by atoms with E-state index in [1.165, 1.54) is 0 Å². The van der Waals surface area contributed by atoms with E-state index in [1.807, 2.05) is 24.3 Å². The monoisotopic (exact) mass is 295 g/mol. The fourth-order valence-corrected chi connectivity index (χ4v) is 3.56. The molecule has 4 rings (SSSR count). The van der Waals surface area contributed by atoms with Crippen LogP contribution in [-0.4, -0.2) is 35.4 Å². The van der Waals surface area contributed by atoms with Crippen molar-refractivity contribution in [3.8, 4) is 0 Å². The van der Waals surface area contributed by atoms with Gasteiger partial charge in [0.05, 0.1) is 0 Å². The lowest BCUT2D eigenvalue weighted by Crippen LogP contribution is -2.83. The van der Waals surface area contributed by atoms with Crippen molar-refractivity contribution in [3.05, 3.63) is 29.3 Å². The Kier molecular flexibility index (Phi) is 3.26. The van der Waals surface area contributed by atoms with E-state index >= 15 is 0 Å². The van der Waals surface area contributed by atoms with E-state index in [1.54, 1.807) is 0 Å². The van der Waals surface area contributed by atoms with E-state index in [4.69, 9.17) is 16.7 Å². The summed E-state index contributed by atoms with van der Waals surface area (Å²) in [7, 11) is 0. The van der Waals surface area contributed by atoms with Crippen molar-refractivity contribution >= 4 is 23.4 Å². The Bertz CT molecular complexity index is 498.